The summed E-state index contributed by atoms with van der Waals surface area (Å²) in [5.41, 5.74) is 4.46. The maximum Gasteiger partial charge on any atom is 0.165 e. The summed E-state index contributed by atoms with van der Waals surface area (Å²) in [4.78, 5) is 8.94. The molecule has 3 N–H and O–H groups in total. The third-order valence-corrected chi connectivity index (χ3v) is 2.83. The Morgan fingerprint density at radius 2 is 2.16 bits per heavy atom. The van der Waals surface area contributed by atoms with Gasteiger partial charge in [0.05, 0.1) is 11.8 Å². The van der Waals surface area contributed by atoms with Crippen LogP contribution in [-0.4, -0.2) is 19.7 Å². The molecule has 6 nitrogen and oxygen atoms in total. The molecule has 0 saturated carbocycles. The molecular formula is C13H20N6. The summed E-state index contributed by atoms with van der Waals surface area (Å²) < 4.78 is 1.90. The fourth-order valence-corrected chi connectivity index (χ4v) is 1.80. The number of nitrogens with zero attached hydrogens (tertiary/aromatic N) is 4. The lowest BCUT2D eigenvalue weighted by Gasteiger charge is -2.08. The normalized spacial score (nSPS) is 11.0. The smallest absolute Gasteiger partial charge is 0.165 e. The number of aryl methyl sites for hydroxylation is 1. The fourth-order valence-electron chi connectivity index (χ4n) is 1.80. The minimum atomic E-state index is 0.319. The molecule has 102 valence electrons. The van der Waals surface area contributed by atoms with E-state index in [1.54, 1.807) is 6.20 Å². The van der Waals surface area contributed by atoms with E-state index in [-0.39, 0.29) is 0 Å². The molecule has 0 amide bonds. The Hall–Kier alpha value is -1.95. The number of nitrogens with two attached hydrogens (primary N) is 1. The fraction of sp³-hybridized carbons (Fsp3) is 0.462. The van der Waals surface area contributed by atoms with Crippen molar-refractivity contribution < 1.29 is 0 Å². The number of hydrazine groups is 1. The maximum absolute atomic E-state index is 5.46. The highest BCUT2D eigenvalue weighted by Gasteiger charge is 2.10. The highest BCUT2D eigenvalue weighted by atomic mass is 15.3. The van der Waals surface area contributed by atoms with E-state index in [0.717, 1.165) is 24.2 Å². The first-order valence-electron chi connectivity index (χ1n) is 6.52. The highest BCUT2D eigenvalue weighted by Crippen LogP contribution is 2.21. The molecule has 2 rings (SSSR count). The van der Waals surface area contributed by atoms with Crippen molar-refractivity contribution in [1.29, 1.82) is 0 Å². The van der Waals surface area contributed by atoms with Crippen LogP contribution in [0.15, 0.2) is 18.5 Å². The van der Waals surface area contributed by atoms with E-state index in [1.165, 1.54) is 0 Å². The highest BCUT2D eigenvalue weighted by molar-refractivity contribution is 5.55. The largest absolute Gasteiger partial charge is 0.308 e. The summed E-state index contributed by atoms with van der Waals surface area (Å²) in [6.45, 7) is 7.19. The minimum absolute atomic E-state index is 0.319. The van der Waals surface area contributed by atoms with Gasteiger partial charge in [0, 0.05) is 24.5 Å². The quantitative estimate of drug-likeness (QED) is 0.636. The first kappa shape index (κ1) is 13.5. The summed E-state index contributed by atoms with van der Waals surface area (Å²) in [5.74, 6) is 7.05. The number of anilines is 1. The van der Waals surface area contributed by atoms with Crippen LogP contribution in [0.4, 0.5) is 5.82 Å². The summed E-state index contributed by atoms with van der Waals surface area (Å²) in [6, 6.07) is 1.87. The molecule has 2 aromatic rings. The van der Waals surface area contributed by atoms with Crippen LogP contribution in [-0.2, 0) is 6.54 Å². The predicted molar refractivity (Wildman–Crippen MR) is 75.4 cm³/mol. The maximum atomic E-state index is 5.46. The van der Waals surface area contributed by atoms with Crippen LogP contribution >= 0.6 is 0 Å². The van der Waals surface area contributed by atoms with Crippen LogP contribution in [0.2, 0.25) is 0 Å². The van der Waals surface area contributed by atoms with E-state index in [1.807, 2.05) is 16.9 Å². The molecular weight excluding hydrogens is 240 g/mol. The van der Waals surface area contributed by atoms with Crippen molar-refractivity contribution in [2.24, 2.45) is 5.84 Å². The van der Waals surface area contributed by atoms with Gasteiger partial charge in [-0.05, 0) is 12.3 Å². The van der Waals surface area contributed by atoms with Gasteiger partial charge in [-0.15, -0.1) is 0 Å². The second-order valence-corrected chi connectivity index (χ2v) is 4.79. The van der Waals surface area contributed by atoms with Crippen molar-refractivity contribution >= 4 is 5.82 Å². The van der Waals surface area contributed by atoms with E-state index >= 15 is 0 Å². The van der Waals surface area contributed by atoms with Gasteiger partial charge in [-0.2, -0.15) is 5.10 Å². The van der Waals surface area contributed by atoms with Crippen molar-refractivity contribution in [3.8, 4) is 11.4 Å². The summed E-state index contributed by atoms with van der Waals surface area (Å²) >= 11 is 0. The molecule has 0 unspecified atom stereocenters. The van der Waals surface area contributed by atoms with Gasteiger partial charge in [0.2, 0.25) is 0 Å². The van der Waals surface area contributed by atoms with Crippen molar-refractivity contribution in [1.82, 2.24) is 19.7 Å². The number of aromatic nitrogens is 4. The number of hydrogen-bond acceptors (Lipinski definition) is 5. The molecule has 6 heteroatoms. The first-order chi connectivity index (χ1) is 9.13. The zero-order chi connectivity index (χ0) is 13.8. The standard InChI is InChI=1S/C13H20N6/c1-4-5-19-8-10(7-15-19)13-16-11(9(2)3)6-12(17-13)18-14/h6-9H,4-5,14H2,1-3H3,(H,16,17,18). The lowest BCUT2D eigenvalue weighted by Crippen LogP contribution is -2.11. The Labute approximate surface area is 113 Å². The summed E-state index contributed by atoms with van der Waals surface area (Å²) in [6.07, 6.45) is 4.79. The molecule has 2 aromatic heterocycles. The molecule has 2 heterocycles. The molecule has 0 aliphatic carbocycles. The third kappa shape index (κ3) is 3.08. The van der Waals surface area contributed by atoms with Crippen molar-refractivity contribution in [3.63, 3.8) is 0 Å². The number of rotatable bonds is 5. The Balaban J connectivity index is 2.39. The Morgan fingerprint density at radius 3 is 2.79 bits per heavy atom. The molecule has 0 fully saturated rings. The Kier molecular flexibility index (Phi) is 4.11. The predicted octanol–water partition coefficient (Wildman–Crippen LogP) is 2.16. The van der Waals surface area contributed by atoms with Gasteiger partial charge in [-0.1, -0.05) is 20.8 Å². The van der Waals surface area contributed by atoms with E-state index in [4.69, 9.17) is 5.84 Å². The van der Waals surface area contributed by atoms with Gasteiger partial charge >= 0.3 is 0 Å². The topological polar surface area (TPSA) is 81.7 Å². The second kappa shape index (κ2) is 5.79. The van der Waals surface area contributed by atoms with E-state index in [2.05, 4.69) is 41.3 Å². The molecule has 0 radical (unpaired) electrons. The second-order valence-electron chi connectivity index (χ2n) is 4.79. The van der Waals surface area contributed by atoms with Crippen LogP contribution in [0.3, 0.4) is 0 Å². The average Bonchev–Trinajstić information content (AvgIpc) is 2.87. The van der Waals surface area contributed by atoms with Gasteiger partial charge in [0.25, 0.3) is 0 Å². The zero-order valence-electron chi connectivity index (χ0n) is 11.6. The molecule has 0 saturated heterocycles. The number of hydrogen-bond donors (Lipinski definition) is 2. The number of nitrogen functional groups attached to an aromatic ring is 1. The lowest BCUT2D eigenvalue weighted by molar-refractivity contribution is 0.603. The van der Waals surface area contributed by atoms with Gasteiger partial charge in [-0.25, -0.2) is 15.8 Å². The monoisotopic (exact) mass is 260 g/mol. The van der Waals surface area contributed by atoms with Crippen molar-refractivity contribution in [2.45, 2.75) is 39.7 Å². The van der Waals surface area contributed by atoms with Gasteiger partial charge in [0.1, 0.15) is 5.82 Å². The van der Waals surface area contributed by atoms with Gasteiger partial charge < -0.3 is 5.43 Å². The average molecular weight is 260 g/mol. The molecule has 0 aromatic carbocycles. The molecule has 0 spiro atoms. The Morgan fingerprint density at radius 1 is 1.37 bits per heavy atom. The molecule has 0 aliphatic rings. The Bertz CT molecular complexity index is 546. The SMILES string of the molecule is CCCn1cc(-c2nc(NN)cc(C(C)C)n2)cn1. The van der Waals surface area contributed by atoms with E-state index in [0.29, 0.717) is 17.6 Å². The zero-order valence-corrected chi connectivity index (χ0v) is 11.6. The summed E-state index contributed by atoms with van der Waals surface area (Å²) in [5, 5.41) is 4.30. The van der Waals surface area contributed by atoms with Gasteiger partial charge in [0.15, 0.2) is 5.82 Å². The van der Waals surface area contributed by atoms with Crippen molar-refractivity contribution in [2.75, 3.05) is 5.43 Å². The molecule has 0 aliphatic heterocycles. The van der Waals surface area contributed by atoms with E-state index in [9.17, 15) is 0 Å². The van der Waals surface area contributed by atoms with Gasteiger partial charge in [-0.3, -0.25) is 4.68 Å². The minimum Gasteiger partial charge on any atom is -0.308 e. The molecule has 0 bridgehead atoms. The number of nitrogens with one attached hydrogen (secondary N) is 1. The van der Waals surface area contributed by atoms with Crippen LogP contribution in [0.25, 0.3) is 11.4 Å². The third-order valence-electron chi connectivity index (χ3n) is 2.83. The van der Waals surface area contributed by atoms with Crippen molar-refractivity contribution in [3.05, 3.63) is 24.2 Å². The lowest BCUT2D eigenvalue weighted by atomic mass is 10.1. The molecule has 0 atom stereocenters. The van der Waals surface area contributed by atoms with Crippen LogP contribution < -0.4 is 11.3 Å². The van der Waals surface area contributed by atoms with E-state index < -0.39 is 0 Å². The van der Waals surface area contributed by atoms with Crippen LogP contribution in [0.1, 0.15) is 38.8 Å². The first-order valence-corrected chi connectivity index (χ1v) is 6.52. The molecule has 19 heavy (non-hydrogen) atoms. The van der Waals surface area contributed by atoms with Crippen LogP contribution in [0.5, 0.6) is 0 Å². The van der Waals surface area contributed by atoms with Crippen LogP contribution in [0, 0.1) is 0 Å². The summed E-state index contributed by atoms with van der Waals surface area (Å²) in [7, 11) is 0.